The van der Waals surface area contributed by atoms with Gasteiger partial charge in [0, 0.05) is 17.3 Å². The molecule has 1 nitrogen and oxygen atoms in total. The van der Waals surface area contributed by atoms with Gasteiger partial charge < -0.3 is 0 Å². The number of aromatic nitrogens is 1. The second-order valence-corrected chi connectivity index (χ2v) is 8.83. The zero-order valence-electron chi connectivity index (χ0n) is 17.4. The molecule has 28 heavy (non-hydrogen) atoms. The van der Waals surface area contributed by atoms with E-state index in [-0.39, 0.29) is 0 Å². The molecular formula is C26H30BN. The third-order valence-electron chi connectivity index (χ3n) is 6.69. The Labute approximate surface area is 170 Å². The van der Waals surface area contributed by atoms with E-state index in [0.29, 0.717) is 5.31 Å². The first-order valence-electron chi connectivity index (χ1n) is 10.7. The summed E-state index contributed by atoms with van der Waals surface area (Å²) in [7, 11) is 2.49. The van der Waals surface area contributed by atoms with Gasteiger partial charge in [0.05, 0.1) is 5.69 Å². The highest BCUT2D eigenvalue weighted by molar-refractivity contribution is 6.16. The van der Waals surface area contributed by atoms with Crippen molar-refractivity contribution >= 4 is 7.85 Å². The molecule has 142 valence electrons. The number of hydrogen-bond donors (Lipinski definition) is 0. The lowest BCUT2D eigenvalue weighted by Gasteiger charge is -2.33. The highest BCUT2D eigenvalue weighted by Gasteiger charge is 2.42. The van der Waals surface area contributed by atoms with Crippen LogP contribution in [0.25, 0.3) is 22.4 Å². The average molecular weight is 367 g/mol. The van der Waals surface area contributed by atoms with Crippen molar-refractivity contribution < 1.29 is 0 Å². The zero-order valence-corrected chi connectivity index (χ0v) is 17.4. The van der Waals surface area contributed by atoms with E-state index in [1.54, 1.807) is 0 Å². The first kappa shape index (κ1) is 19.0. The number of pyridine rings is 1. The van der Waals surface area contributed by atoms with E-state index in [1.165, 1.54) is 42.4 Å². The molecule has 0 bridgehead atoms. The highest BCUT2D eigenvalue weighted by Crippen LogP contribution is 2.48. The van der Waals surface area contributed by atoms with Gasteiger partial charge in [0.25, 0.3) is 0 Å². The quantitative estimate of drug-likeness (QED) is 0.497. The van der Waals surface area contributed by atoms with Gasteiger partial charge in [0.1, 0.15) is 7.85 Å². The average Bonchev–Trinajstić information content (AvgIpc) is 3.03. The molecule has 1 aliphatic rings. The van der Waals surface area contributed by atoms with Crippen LogP contribution in [0.15, 0.2) is 72.9 Å². The molecule has 1 saturated carbocycles. The summed E-state index contributed by atoms with van der Waals surface area (Å²) in [6, 6.07) is 23.9. The molecule has 1 aromatic heterocycles. The molecule has 3 aromatic rings. The van der Waals surface area contributed by atoms with E-state index in [2.05, 4.69) is 82.4 Å². The Bertz CT molecular complexity index is 919. The molecule has 0 spiro atoms. The molecule has 4 rings (SSSR count). The molecule has 0 N–H and O–H groups in total. The van der Waals surface area contributed by atoms with Crippen LogP contribution in [0.3, 0.4) is 0 Å². The molecule has 3 atom stereocenters. The van der Waals surface area contributed by atoms with E-state index in [4.69, 9.17) is 4.98 Å². The van der Waals surface area contributed by atoms with Gasteiger partial charge in [-0.05, 0) is 47.2 Å². The lowest BCUT2D eigenvalue weighted by Crippen LogP contribution is -2.31. The van der Waals surface area contributed by atoms with Crippen molar-refractivity contribution in [1.82, 2.24) is 4.98 Å². The molecule has 0 saturated heterocycles. The first-order valence-corrected chi connectivity index (χ1v) is 10.7. The lowest BCUT2D eigenvalue weighted by molar-refractivity contribution is 0.399. The maximum Gasteiger partial charge on any atom is 0.115 e. The Morgan fingerprint density at radius 2 is 1.75 bits per heavy atom. The van der Waals surface area contributed by atoms with Crippen LogP contribution in [0.4, 0.5) is 0 Å². The fourth-order valence-corrected chi connectivity index (χ4v) is 5.26. The summed E-state index contributed by atoms with van der Waals surface area (Å²) in [6.07, 6.45) is 7.29. The van der Waals surface area contributed by atoms with Crippen LogP contribution in [-0.4, -0.2) is 12.8 Å². The van der Waals surface area contributed by atoms with Crippen molar-refractivity contribution in [2.45, 2.75) is 44.8 Å². The molecule has 1 fully saturated rings. The number of rotatable bonds is 5. The first-order chi connectivity index (χ1) is 13.6. The minimum atomic E-state index is 0.294. The lowest BCUT2D eigenvalue weighted by atomic mass is 9.57. The van der Waals surface area contributed by atoms with E-state index < -0.39 is 0 Å². The fraction of sp³-hybridized carbons (Fsp3) is 0.346. The molecule has 2 heteroatoms. The molecule has 1 heterocycles. The minimum absolute atomic E-state index is 0.294. The second-order valence-electron chi connectivity index (χ2n) is 8.83. The molecule has 0 aliphatic heterocycles. The van der Waals surface area contributed by atoms with Crippen LogP contribution in [0.5, 0.6) is 0 Å². The van der Waals surface area contributed by atoms with Crippen molar-refractivity contribution in [2.24, 2.45) is 11.8 Å². The third kappa shape index (κ3) is 3.65. The van der Waals surface area contributed by atoms with Crippen LogP contribution < -0.4 is 0 Å². The van der Waals surface area contributed by atoms with Crippen molar-refractivity contribution in [1.29, 1.82) is 0 Å². The number of nitrogens with zero attached hydrogens (tertiary/aromatic N) is 1. The minimum Gasteiger partial charge on any atom is -0.256 e. The van der Waals surface area contributed by atoms with Gasteiger partial charge in [0.15, 0.2) is 0 Å². The van der Waals surface area contributed by atoms with Gasteiger partial charge in [-0.2, -0.15) is 0 Å². The van der Waals surface area contributed by atoms with Crippen LogP contribution in [0.2, 0.25) is 0 Å². The van der Waals surface area contributed by atoms with E-state index in [0.717, 1.165) is 23.1 Å². The SMILES string of the molecule is BC1(c2cccc(-c3ccc(-c4ccccc4)nc3)c2)CC(C)CC1CCC. The molecular weight excluding hydrogens is 337 g/mol. The van der Waals surface area contributed by atoms with Crippen molar-refractivity contribution in [3.05, 3.63) is 78.5 Å². The summed E-state index contributed by atoms with van der Waals surface area (Å²) in [5.41, 5.74) is 6.17. The molecule has 3 unspecified atom stereocenters. The van der Waals surface area contributed by atoms with E-state index in [1.807, 2.05) is 12.3 Å². The monoisotopic (exact) mass is 367 g/mol. The zero-order chi connectivity index (χ0) is 19.6. The Morgan fingerprint density at radius 1 is 0.964 bits per heavy atom. The summed E-state index contributed by atoms with van der Waals surface area (Å²) in [5, 5.41) is 0.294. The van der Waals surface area contributed by atoms with Crippen LogP contribution in [0.1, 0.15) is 45.1 Å². The summed E-state index contributed by atoms with van der Waals surface area (Å²) >= 11 is 0. The Morgan fingerprint density at radius 3 is 2.46 bits per heavy atom. The van der Waals surface area contributed by atoms with E-state index in [9.17, 15) is 0 Å². The molecule has 0 radical (unpaired) electrons. The van der Waals surface area contributed by atoms with Crippen LogP contribution in [-0.2, 0) is 5.31 Å². The summed E-state index contributed by atoms with van der Waals surface area (Å²) in [4.78, 5) is 4.73. The van der Waals surface area contributed by atoms with Gasteiger partial charge in [-0.3, -0.25) is 4.98 Å². The highest BCUT2D eigenvalue weighted by atomic mass is 14.7. The van der Waals surface area contributed by atoms with Crippen molar-refractivity contribution in [3.63, 3.8) is 0 Å². The molecule has 0 amide bonds. The third-order valence-corrected chi connectivity index (χ3v) is 6.69. The van der Waals surface area contributed by atoms with Crippen LogP contribution in [0, 0.1) is 11.8 Å². The van der Waals surface area contributed by atoms with E-state index >= 15 is 0 Å². The van der Waals surface area contributed by atoms with Gasteiger partial charge in [-0.1, -0.05) is 87.4 Å². The van der Waals surface area contributed by atoms with Crippen molar-refractivity contribution in [2.75, 3.05) is 0 Å². The van der Waals surface area contributed by atoms with Gasteiger partial charge >= 0.3 is 0 Å². The summed E-state index contributed by atoms with van der Waals surface area (Å²) in [6.45, 7) is 4.74. The molecule has 1 aliphatic carbocycles. The van der Waals surface area contributed by atoms with Gasteiger partial charge in [-0.25, -0.2) is 0 Å². The number of benzene rings is 2. The van der Waals surface area contributed by atoms with Crippen molar-refractivity contribution in [3.8, 4) is 22.4 Å². The Balaban J connectivity index is 1.64. The maximum absolute atomic E-state index is 4.73. The summed E-state index contributed by atoms with van der Waals surface area (Å²) in [5.74, 6) is 1.61. The second kappa shape index (κ2) is 7.95. The normalized spacial score (nSPS) is 24.4. The Kier molecular flexibility index (Phi) is 5.39. The summed E-state index contributed by atoms with van der Waals surface area (Å²) < 4.78 is 0. The Hall–Kier alpha value is -2.35. The van der Waals surface area contributed by atoms with Gasteiger partial charge in [-0.15, -0.1) is 0 Å². The fourth-order valence-electron chi connectivity index (χ4n) is 5.26. The maximum atomic E-state index is 4.73. The van der Waals surface area contributed by atoms with Crippen LogP contribution >= 0.6 is 0 Å². The smallest absolute Gasteiger partial charge is 0.115 e. The standard InChI is InChI=1S/C26H30BN/c1-3-8-23-15-19(2)17-26(23,27)24-12-7-11-21(16-24)22-13-14-25(28-18-22)20-9-5-4-6-10-20/h4-7,9-14,16,18-19,23H,3,8,15,17,27H2,1-2H3. The topological polar surface area (TPSA) is 12.9 Å². The predicted molar refractivity (Wildman–Crippen MR) is 122 cm³/mol. The number of hydrogen-bond acceptors (Lipinski definition) is 1. The predicted octanol–water partition coefficient (Wildman–Crippen LogP) is 6.09. The van der Waals surface area contributed by atoms with Gasteiger partial charge in [0.2, 0.25) is 0 Å². The largest absolute Gasteiger partial charge is 0.256 e. The molecule has 2 aromatic carbocycles.